The average molecular weight is 132 g/mol. The summed E-state index contributed by atoms with van der Waals surface area (Å²) < 4.78 is 0. The molecule has 0 heterocycles. The van der Waals surface area contributed by atoms with Crippen LogP contribution in [0.5, 0.6) is 0 Å². The molecule has 1 fully saturated rings. The van der Waals surface area contributed by atoms with Crippen molar-refractivity contribution in [2.24, 2.45) is 17.4 Å². The van der Waals surface area contributed by atoms with Crippen LogP contribution in [0.1, 0.15) is 12.8 Å². The van der Waals surface area contributed by atoms with Crippen LogP contribution >= 0.6 is 0 Å². The first-order valence-electron chi connectivity index (χ1n) is 2.85. The van der Waals surface area contributed by atoms with Gasteiger partial charge in [0.1, 0.15) is 0 Å². The lowest BCUT2D eigenvalue weighted by Gasteiger charge is -1.74. The molecule has 0 saturated heterocycles. The van der Waals surface area contributed by atoms with E-state index in [2.05, 4.69) is 5.73 Å². The van der Waals surface area contributed by atoms with Gasteiger partial charge >= 0.3 is 6.09 Å². The summed E-state index contributed by atoms with van der Waals surface area (Å²) in [6.45, 7) is 0.917. The van der Waals surface area contributed by atoms with E-state index in [-0.39, 0.29) is 0 Å². The molecule has 0 aromatic heterocycles. The summed E-state index contributed by atoms with van der Waals surface area (Å²) in [6.07, 6.45) is 1.44. The van der Waals surface area contributed by atoms with Gasteiger partial charge in [-0.3, -0.25) is 0 Å². The molecule has 4 heteroatoms. The molecule has 1 rings (SSSR count). The van der Waals surface area contributed by atoms with Gasteiger partial charge in [-0.1, -0.05) is 0 Å². The molecule has 9 heavy (non-hydrogen) atoms. The van der Waals surface area contributed by atoms with E-state index in [1.54, 1.807) is 0 Å². The highest BCUT2D eigenvalue weighted by Crippen LogP contribution is 2.26. The maximum atomic E-state index is 8.78. The van der Waals surface area contributed by atoms with Gasteiger partial charge in [-0.05, 0) is 25.3 Å². The van der Waals surface area contributed by atoms with E-state index in [9.17, 15) is 0 Å². The molecule has 4 nitrogen and oxygen atoms in total. The first kappa shape index (κ1) is 8.23. The molecule has 54 valence electrons. The number of amides is 1. The van der Waals surface area contributed by atoms with E-state index in [1.165, 1.54) is 12.8 Å². The third kappa shape index (κ3) is 11.1. The van der Waals surface area contributed by atoms with Gasteiger partial charge < -0.3 is 16.6 Å². The normalized spacial score (nSPS) is 15.7. The van der Waals surface area contributed by atoms with E-state index >= 15 is 0 Å². The molecule has 5 N–H and O–H groups in total. The standard InChI is InChI=1S/C4H9N.CH3NO2/c5-3-4-1-2-4;2-1(3)4/h4H,1-3,5H2;2H2,(H,3,4). The van der Waals surface area contributed by atoms with Gasteiger partial charge in [0.05, 0.1) is 0 Å². The highest BCUT2D eigenvalue weighted by atomic mass is 16.4. The number of carbonyl (C=O) groups is 1. The molecule has 1 amide bonds. The smallest absolute Gasteiger partial charge is 0.402 e. The topological polar surface area (TPSA) is 89.3 Å². The second-order valence-electron chi connectivity index (χ2n) is 2.02. The predicted molar refractivity (Wildman–Crippen MR) is 34.0 cm³/mol. The fourth-order valence-electron chi connectivity index (χ4n) is 0.354. The van der Waals surface area contributed by atoms with Gasteiger partial charge in [0.25, 0.3) is 0 Å². The van der Waals surface area contributed by atoms with E-state index in [0.29, 0.717) is 0 Å². The first-order chi connectivity index (χ1) is 4.16. The Labute approximate surface area is 53.8 Å². The van der Waals surface area contributed by atoms with Crippen molar-refractivity contribution in [3.05, 3.63) is 0 Å². The van der Waals surface area contributed by atoms with Crippen LogP contribution in [-0.2, 0) is 0 Å². The van der Waals surface area contributed by atoms with E-state index in [0.717, 1.165) is 12.5 Å². The Hall–Kier alpha value is -0.770. The first-order valence-corrected chi connectivity index (χ1v) is 2.85. The van der Waals surface area contributed by atoms with Gasteiger partial charge in [-0.15, -0.1) is 0 Å². The average Bonchev–Trinajstić information content (AvgIpc) is 2.43. The maximum Gasteiger partial charge on any atom is 0.402 e. The zero-order valence-electron chi connectivity index (χ0n) is 5.21. The van der Waals surface area contributed by atoms with Gasteiger partial charge in [0, 0.05) is 0 Å². The Kier molecular flexibility index (Phi) is 3.79. The van der Waals surface area contributed by atoms with Crippen LogP contribution in [0.25, 0.3) is 0 Å². The van der Waals surface area contributed by atoms with Crippen LogP contribution < -0.4 is 11.5 Å². The molecule has 0 aromatic carbocycles. The van der Waals surface area contributed by atoms with Crippen LogP contribution in [0.4, 0.5) is 4.79 Å². The van der Waals surface area contributed by atoms with Crippen molar-refractivity contribution in [2.75, 3.05) is 6.54 Å². The molecule has 0 aliphatic heterocycles. The minimum Gasteiger partial charge on any atom is -0.465 e. The Morgan fingerprint density at radius 2 is 2.00 bits per heavy atom. The van der Waals surface area contributed by atoms with E-state index in [1.807, 2.05) is 0 Å². The van der Waals surface area contributed by atoms with E-state index < -0.39 is 6.09 Å². The summed E-state index contributed by atoms with van der Waals surface area (Å²) in [4.78, 5) is 8.78. The molecule has 0 unspecified atom stereocenters. The molecule has 0 bridgehead atoms. The summed E-state index contributed by atoms with van der Waals surface area (Å²) >= 11 is 0. The van der Waals surface area contributed by atoms with Crippen LogP contribution in [0.3, 0.4) is 0 Å². The molecular weight excluding hydrogens is 120 g/mol. The van der Waals surface area contributed by atoms with E-state index in [4.69, 9.17) is 15.6 Å². The van der Waals surface area contributed by atoms with Gasteiger partial charge in [0.15, 0.2) is 0 Å². The second-order valence-corrected chi connectivity index (χ2v) is 2.02. The minimum atomic E-state index is -1.33. The summed E-state index contributed by atoms with van der Waals surface area (Å²) in [5.74, 6) is 0.912. The molecule has 1 saturated carbocycles. The Morgan fingerprint density at radius 1 is 1.67 bits per heavy atom. The molecule has 0 radical (unpaired) electrons. The van der Waals surface area contributed by atoms with Crippen LogP contribution in [-0.4, -0.2) is 17.7 Å². The summed E-state index contributed by atoms with van der Waals surface area (Å²) in [6, 6.07) is 0. The second kappa shape index (κ2) is 4.14. The monoisotopic (exact) mass is 132 g/mol. The van der Waals surface area contributed by atoms with Crippen molar-refractivity contribution in [2.45, 2.75) is 12.8 Å². The van der Waals surface area contributed by atoms with Gasteiger partial charge in [-0.2, -0.15) is 0 Å². The summed E-state index contributed by atoms with van der Waals surface area (Å²) in [5, 5.41) is 7.19. The molecule has 1 aliphatic carbocycles. The van der Waals surface area contributed by atoms with Crippen molar-refractivity contribution in [3.63, 3.8) is 0 Å². The zero-order chi connectivity index (χ0) is 7.28. The van der Waals surface area contributed by atoms with Crippen molar-refractivity contribution < 1.29 is 9.90 Å². The number of carboxylic acid groups (broad SMARTS) is 1. The minimum absolute atomic E-state index is 0.912. The number of rotatable bonds is 1. The predicted octanol–water partition coefficient (Wildman–Crippen LogP) is -0.0218. The van der Waals surface area contributed by atoms with Crippen molar-refractivity contribution >= 4 is 6.09 Å². The highest BCUT2D eigenvalue weighted by molar-refractivity contribution is 5.61. The Bertz CT molecular complexity index is 87.0. The summed E-state index contributed by atoms with van der Waals surface area (Å²) in [7, 11) is 0. The molecule has 0 aromatic rings. The van der Waals surface area contributed by atoms with Crippen LogP contribution in [0, 0.1) is 5.92 Å². The third-order valence-electron chi connectivity index (χ3n) is 1.03. The highest BCUT2D eigenvalue weighted by Gasteiger charge is 2.17. The van der Waals surface area contributed by atoms with Crippen molar-refractivity contribution in [3.8, 4) is 0 Å². The molecule has 0 spiro atoms. The van der Waals surface area contributed by atoms with Gasteiger partial charge in [-0.25, -0.2) is 4.79 Å². The van der Waals surface area contributed by atoms with Crippen LogP contribution in [0.15, 0.2) is 0 Å². The number of nitrogens with two attached hydrogens (primary N) is 2. The third-order valence-corrected chi connectivity index (χ3v) is 1.03. The molecule has 0 atom stereocenters. The van der Waals surface area contributed by atoms with Crippen molar-refractivity contribution in [1.29, 1.82) is 0 Å². The lowest BCUT2D eigenvalue weighted by atomic mass is 10.5. The zero-order valence-corrected chi connectivity index (χ0v) is 5.21. The quantitative estimate of drug-likeness (QED) is 0.468. The van der Waals surface area contributed by atoms with Gasteiger partial charge in [0.2, 0.25) is 0 Å². The Balaban J connectivity index is 0.000000148. The number of hydrogen-bond acceptors (Lipinski definition) is 2. The van der Waals surface area contributed by atoms with Crippen molar-refractivity contribution in [1.82, 2.24) is 0 Å². The Morgan fingerprint density at radius 3 is 2.00 bits per heavy atom. The molecular formula is C5H12N2O2. The lowest BCUT2D eigenvalue weighted by molar-refractivity contribution is 0.205. The number of hydrogen-bond donors (Lipinski definition) is 3. The summed E-state index contributed by atoms with van der Waals surface area (Å²) in [5.41, 5.74) is 9.26. The largest absolute Gasteiger partial charge is 0.465 e. The van der Waals surface area contributed by atoms with Crippen LogP contribution in [0.2, 0.25) is 0 Å². The maximum absolute atomic E-state index is 8.78. The SMILES string of the molecule is NC(=O)O.NCC1CC1. The molecule has 1 aliphatic rings. The number of primary amides is 1. The fraction of sp³-hybridized carbons (Fsp3) is 0.800. The fourth-order valence-corrected chi connectivity index (χ4v) is 0.354. The lowest BCUT2D eigenvalue weighted by Crippen LogP contribution is -2.03.